The molecule has 2 aliphatic rings. The highest BCUT2D eigenvalue weighted by atomic mass is 16.2. The summed E-state index contributed by atoms with van der Waals surface area (Å²) in [5.74, 6) is 1.48. The number of carbonyl (C=O) groups excluding carboxylic acids is 1. The van der Waals surface area contributed by atoms with E-state index in [1.54, 1.807) is 0 Å². The van der Waals surface area contributed by atoms with Gasteiger partial charge in [0, 0.05) is 25.6 Å². The molecule has 0 radical (unpaired) electrons. The number of nitrogens with one attached hydrogen (secondary N) is 1. The summed E-state index contributed by atoms with van der Waals surface area (Å²) < 4.78 is 0. The molecule has 0 aliphatic carbocycles. The fourth-order valence-corrected chi connectivity index (χ4v) is 3.84. The van der Waals surface area contributed by atoms with Gasteiger partial charge in [0.1, 0.15) is 0 Å². The highest BCUT2D eigenvalue weighted by molar-refractivity contribution is 5.77. The van der Waals surface area contributed by atoms with Gasteiger partial charge < -0.3 is 10.2 Å². The first kappa shape index (κ1) is 14.6. The van der Waals surface area contributed by atoms with Crippen molar-refractivity contribution in [3.05, 3.63) is 35.9 Å². The molecule has 0 spiro atoms. The second kappa shape index (κ2) is 6.61. The lowest BCUT2D eigenvalue weighted by molar-refractivity contribution is -0.133. The van der Waals surface area contributed by atoms with Gasteiger partial charge in [-0.2, -0.15) is 0 Å². The molecule has 2 heterocycles. The summed E-state index contributed by atoms with van der Waals surface area (Å²) in [6.45, 7) is 5.18. The van der Waals surface area contributed by atoms with Crippen molar-refractivity contribution in [1.29, 1.82) is 0 Å². The Hall–Kier alpha value is -1.35. The Bertz CT molecular complexity index is 467. The molecule has 114 valence electrons. The molecule has 1 amide bonds. The third-order valence-electron chi connectivity index (χ3n) is 5.07. The van der Waals surface area contributed by atoms with Crippen molar-refractivity contribution in [2.75, 3.05) is 19.6 Å². The fraction of sp³-hybridized carbons (Fsp3) is 0.611. The number of carbonyl (C=O) groups is 1. The van der Waals surface area contributed by atoms with Crippen LogP contribution in [0.3, 0.4) is 0 Å². The van der Waals surface area contributed by atoms with E-state index < -0.39 is 0 Å². The molecule has 1 N–H and O–H groups in total. The van der Waals surface area contributed by atoms with Crippen LogP contribution < -0.4 is 5.32 Å². The summed E-state index contributed by atoms with van der Waals surface area (Å²) in [5, 5.41) is 3.42. The van der Waals surface area contributed by atoms with Gasteiger partial charge in [0.15, 0.2) is 0 Å². The summed E-state index contributed by atoms with van der Waals surface area (Å²) in [6, 6.07) is 11.2. The molecule has 3 rings (SSSR count). The average molecular weight is 286 g/mol. The van der Waals surface area contributed by atoms with E-state index in [4.69, 9.17) is 0 Å². The lowest BCUT2D eigenvalue weighted by atomic mass is 9.81. The van der Waals surface area contributed by atoms with Crippen molar-refractivity contribution < 1.29 is 4.79 Å². The summed E-state index contributed by atoms with van der Waals surface area (Å²) in [4.78, 5) is 14.5. The van der Waals surface area contributed by atoms with Crippen LogP contribution in [0, 0.1) is 5.92 Å². The zero-order valence-electron chi connectivity index (χ0n) is 12.9. The number of piperidine rings is 1. The van der Waals surface area contributed by atoms with Gasteiger partial charge in [-0.3, -0.25) is 4.79 Å². The van der Waals surface area contributed by atoms with Crippen LogP contribution in [0.1, 0.15) is 44.1 Å². The normalized spacial score (nSPS) is 29.6. The summed E-state index contributed by atoms with van der Waals surface area (Å²) in [5.41, 5.74) is 1.43. The minimum Gasteiger partial charge on any atom is -0.342 e. The highest BCUT2D eigenvalue weighted by Crippen LogP contribution is 2.32. The molecule has 3 unspecified atom stereocenters. The predicted octanol–water partition coefficient (Wildman–Crippen LogP) is 2.78. The minimum atomic E-state index is 0.341. The van der Waals surface area contributed by atoms with E-state index in [2.05, 4.69) is 47.5 Å². The van der Waals surface area contributed by atoms with E-state index in [9.17, 15) is 4.79 Å². The zero-order valence-corrected chi connectivity index (χ0v) is 12.9. The van der Waals surface area contributed by atoms with Crippen LogP contribution in [0.4, 0.5) is 0 Å². The number of hydrogen-bond donors (Lipinski definition) is 1. The third-order valence-corrected chi connectivity index (χ3v) is 5.07. The molecule has 3 nitrogen and oxygen atoms in total. The molecule has 3 atom stereocenters. The molecule has 1 aromatic carbocycles. The van der Waals surface area contributed by atoms with Gasteiger partial charge in [-0.25, -0.2) is 0 Å². The lowest BCUT2D eigenvalue weighted by Gasteiger charge is -2.37. The number of rotatable bonds is 3. The highest BCUT2D eigenvalue weighted by Gasteiger charge is 2.30. The van der Waals surface area contributed by atoms with Crippen molar-refractivity contribution >= 4 is 5.91 Å². The summed E-state index contributed by atoms with van der Waals surface area (Å²) >= 11 is 0. The van der Waals surface area contributed by atoms with Gasteiger partial charge >= 0.3 is 0 Å². The number of hydrogen-bond acceptors (Lipinski definition) is 2. The fourth-order valence-electron chi connectivity index (χ4n) is 3.84. The van der Waals surface area contributed by atoms with Crippen molar-refractivity contribution in [1.82, 2.24) is 10.2 Å². The molecule has 1 aromatic rings. The second-order valence-electron chi connectivity index (χ2n) is 6.62. The molecule has 2 saturated heterocycles. The lowest BCUT2D eigenvalue weighted by Crippen LogP contribution is -2.44. The van der Waals surface area contributed by atoms with Crippen molar-refractivity contribution in [2.45, 2.75) is 44.6 Å². The first-order chi connectivity index (χ1) is 10.2. The number of nitrogens with zero attached hydrogens (tertiary/aromatic N) is 1. The summed E-state index contributed by atoms with van der Waals surface area (Å²) in [7, 11) is 0. The van der Waals surface area contributed by atoms with Crippen LogP contribution in [-0.4, -0.2) is 36.5 Å². The van der Waals surface area contributed by atoms with Gasteiger partial charge in [-0.1, -0.05) is 37.3 Å². The monoisotopic (exact) mass is 286 g/mol. The number of amides is 1. The van der Waals surface area contributed by atoms with Gasteiger partial charge in [-0.15, -0.1) is 0 Å². The van der Waals surface area contributed by atoms with Crippen LogP contribution in [0.5, 0.6) is 0 Å². The van der Waals surface area contributed by atoms with Crippen LogP contribution in [0.15, 0.2) is 30.3 Å². The largest absolute Gasteiger partial charge is 0.342 e. The standard InChI is InChI=1S/C18H26N2O/c1-14-13-20(18(21)12-16-8-5-10-19-16)11-9-17(14)15-6-3-2-4-7-15/h2-4,6-7,14,16-17,19H,5,8-13H2,1H3. The van der Waals surface area contributed by atoms with E-state index in [0.29, 0.717) is 30.2 Å². The van der Waals surface area contributed by atoms with Crippen LogP contribution in [-0.2, 0) is 4.79 Å². The third kappa shape index (κ3) is 3.46. The Balaban J connectivity index is 1.56. The van der Waals surface area contributed by atoms with Gasteiger partial charge in [0.25, 0.3) is 0 Å². The van der Waals surface area contributed by atoms with E-state index in [0.717, 1.165) is 32.5 Å². The SMILES string of the molecule is CC1CN(C(=O)CC2CCCN2)CCC1c1ccccc1. The smallest absolute Gasteiger partial charge is 0.224 e. The first-order valence-electron chi connectivity index (χ1n) is 8.30. The topological polar surface area (TPSA) is 32.3 Å². The zero-order chi connectivity index (χ0) is 14.7. The predicted molar refractivity (Wildman–Crippen MR) is 85.2 cm³/mol. The Labute approximate surface area is 127 Å². The van der Waals surface area contributed by atoms with Crippen LogP contribution in [0.25, 0.3) is 0 Å². The van der Waals surface area contributed by atoms with E-state index >= 15 is 0 Å². The maximum atomic E-state index is 12.4. The summed E-state index contributed by atoms with van der Waals surface area (Å²) in [6.07, 6.45) is 4.14. The molecule has 0 aromatic heterocycles. The van der Waals surface area contributed by atoms with Crippen molar-refractivity contribution in [3.63, 3.8) is 0 Å². The molecule has 0 bridgehead atoms. The van der Waals surface area contributed by atoms with Gasteiger partial charge in [-0.05, 0) is 43.2 Å². The number of benzene rings is 1. The van der Waals surface area contributed by atoms with Crippen LogP contribution in [0.2, 0.25) is 0 Å². The molecule has 2 fully saturated rings. The molecule has 0 saturated carbocycles. The van der Waals surface area contributed by atoms with E-state index in [-0.39, 0.29) is 0 Å². The molecule has 2 aliphatic heterocycles. The quantitative estimate of drug-likeness (QED) is 0.926. The Morgan fingerprint density at radius 3 is 2.76 bits per heavy atom. The minimum absolute atomic E-state index is 0.341. The van der Waals surface area contributed by atoms with Gasteiger partial charge in [0.05, 0.1) is 0 Å². The molecular weight excluding hydrogens is 260 g/mol. The molecule has 3 heteroatoms. The Morgan fingerprint density at radius 2 is 2.10 bits per heavy atom. The van der Waals surface area contributed by atoms with Crippen molar-refractivity contribution in [3.8, 4) is 0 Å². The van der Waals surface area contributed by atoms with E-state index in [1.165, 1.54) is 12.0 Å². The van der Waals surface area contributed by atoms with Gasteiger partial charge in [0.2, 0.25) is 5.91 Å². The number of likely N-dealkylation sites (tertiary alicyclic amines) is 1. The maximum absolute atomic E-state index is 12.4. The average Bonchev–Trinajstić information content (AvgIpc) is 3.01. The molecule has 21 heavy (non-hydrogen) atoms. The Morgan fingerprint density at radius 1 is 1.29 bits per heavy atom. The maximum Gasteiger partial charge on any atom is 0.224 e. The Kier molecular flexibility index (Phi) is 4.59. The van der Waals surface area contributed by atoms with Crippen molar-refractivity contribution in [2.24, 2.45) is 5.92 Å². The van der Waals surface area contributed by atoms with Crippen LogP contribution >= 0.6 is 0 Å². The molecular formula is C18H26N2O. The van der Waals surface area contributed by atoms with E-state index in [1.807, 2.05) is 0 Å². The second-order valence-corrected chi connectivity index (χ2v) is 6.62. The first-order valence-corrected chi connectivity index (χ1v) is 8.30.